The molecule has 0 aliphatic rings. The van der Waals surface area contributed by atoms with Crippen LogP contribution in [0.2, 0.25) is 0 Å². The van der Waals surface area contributed by atoms with Gasteiger partial charge in [0.2, 0.25) is 0 Å². The zero-order chi connectivity index (χ0) is 76.6. The van der Waals surface area contributed by atoms with E-state index in [1.54, 1.807) is 0 Å². The van der Waals surface area contributed by atoms with Crippen molar-refractivity contribution in [1.82, 2.24) is 0 Å². The van der Waals surface area contributed by atoms with Crippen LogP contribution in [0, 0.1) is 0 Å². The van der Waals surface area contributed by atoms with Crippen LogP contribution < -0.4 is 0 Å². The fraction of sp³-hybridized carbons (Fsp3) is 0.644. The standard InChI is InChI=1S/C87H144O16P2/c1-4-7-10-13-16-19-22-25-28-31-33-35-37-39-40-42-44-45-47-50-52-55-58-61-64-67-70-73-85(90)97-76-82(88)77-99-104(93,94)100-78-83(89)79-101-105(95,96)102-81-84(103-87(92)75-72-69-66-63-60-57-54-49-30-27-24-21-18-15-12-9-6-3)80-98-86(91)74-71-68-65-62-59-56-53-51-48-46-43-41-38-36-34-32-29-26-23-20-17-14-11-8-5-2/h7,9-10,12,16-21,25-30,33-36,39-41,43,54,57,63,66,82-84,88-89H,4-6,8,11,13-15,22-24,31-32,37-38,42,44-53,55-56,58-62,64-65,67-81H2,1-3H3,(H,93,94)(H,95,96)/b10-7-,12-9-,19-16-,20-17-,21-18-,28-25-,29-26-,30-27-,35-33-,36-34-,40-39-,43-41-,57-54-,66-63-. The summed E-state index contributed by atoms with van der Waals surface area (Å²) in [5.74, 6) is -1.66. The molecule has 18 heteroatoms. The fourth-order valence-corrected chi connectivity index (χ4v) is 11.9. The van der Waals surface area contributed by atoms with Gasteiger partial charge in [-0.15, -0.1) is 0 Å². The molecule has 0 aromatic rings. The maximum Gasteiger partial charge on any atom is 0.472 e. The Morgan fingerprint density at radius 2 is 0.514 bits per heavy atom. The second-order valence-corrected chi connectivity index (χ2v) is 29.4. The third-order valence-corrected chi connectivity index (χ3v) is 18.3. The Morgan fingerprint density at radius 1 is 0.276 bits per heavy atom. The van der Waals surface area contributed by atoms with Crippen molar-refractivity contribution >= 4 is 33.6 Å². The summed E-state index contributed by atoms with van der Waals surface area (Å²) in [5, 5.41) is 20.7. The molecule has 0 aliphatic carbocycles. The third kappa shape index (κ3) is 79.8. The molecule has 0 aromatic carbocycles. The number of phosphoric acid groups is 2. The fourth-order valence-electron chi connectivity index (χ4n) is 10.3. The maximum absolute atomic E-state index is 13.0. The molecule has 0 heterocycles. The van der Waals surface area contributed by atoms with E-state index in [0.717, 1.165) is 148 Å². The van der Waals surface area contributed by atoms with Crippen LogP contribution in [-0.2, 0) is 55.8 Å². The minimum atomic E-state index is -4.96. The van der Waals surface area contributed by atoms with Crippen LogP contribution in [0.4, 0.5) is 0 Å². The number of phosphoric ester groups is 2. The lowest BCUT2D eigenvalue weighted by Crippen LogP contribution is -2.30. The second-order valence-electron chi connectivity index (χ2n) is 26.5. The Hall–Kier alpha value is -5.09. The topological polar surface area (TPSA) is 231 Å². The van der Waals surface area contributed by atoms with Crippen LogP contribution in [0.15, 0.2) is 170 Å². The molecule has 0 radical (unpaired) electrons. The molecular formula is C87H144O16P2. The lowest BCUT2D eigenvalue weighted by atomic mass is 10.0. The van der Waals surface area contributed by atoms with Gasteiger partial charge in [-0.05, 0) is 148 Å². The van der Waals surface area contributed by atoms with Gasteiger partial charge in [0.15, 0.2) is 6.10 Å². The SMILES string of the molecule is CC/C=C\C/C=C\C/C=C\C/C=C\C/C=C\CCCCCCCCCCCCCC(=O)OCC(O)COP(=O)(O)OCC(O)COP(=O)(O)OCC(COC(=O)CCCCCCCCCCC/C=C\C/C=C\C/C=C\C/C=C\CCCCC)OC(=O)CCC/C=C\C/C=C\C/C=C\C/C=C\C/C=C\CC. The number of carbonyl (C=O) groups is 3. The molecule has 0 amide bonds. The highest BCUT2D eigenvalue weighted by atomic mass is 31.2. The molecule has 0 rings (SSSR count). The van der Waals surface area contributed by atoms with Crippen LogP contribution in [0.5, 0.6) is 0 Å². The summed E-state index contributed by atoms with van der Waals surface area (Å²) in [5.41, 5.74) is 0. The molecule has 5 unspecified atom stereocenters. The Morgan fingerprint density at radius 3 is 0.829 bits per heavy atom. The number of aliphatic hydroxyl groups is 2. The Labute approximate surface area is 637 Å². The number of hydrogen-bond acceptors (Lipinski definition) is 14. The van der Waals surface area contributed by atoms with E-state index in [1.165, 1.54) is 89.9 Å². The van der Waals surface area contributed by atoms with Gasteiger partial charge >= 0.3 is 33.6 Å². The highest BCUT2D eigenvalue weighted by molar-refractivity contribution is 7.47. The van der Waals surface area contributed by atoms with Crippen molar-refractivity contribution < 1.29 is 75.8 Å². The van der Waals surface area contributed by atoms with E-state index in [-0.39, 0.29) is 19.3 Å². The summed E-state index contributed by atoms with van der Waals surface area (Å²) in [7, 11) is -9.83. The number of carbonyl (C=O) groups excluding carboxylic acids is 3. The zero-order valence-electron chi connectivity index (χ0n) is 65.3. The minimum absolute atomic E-state index is 0.0195. The highest BCUT2D eigenvalue weighted by Crippen LogP contribution is 2.45. The molecule has 4 N–H and O–H groups in total. The van der Waals surface area contributed by atoms with Crippen molar-refractivity contribution in [2.24, 2.45) is 0 Å². The van der Waals surface area contributed by atoms with E-state index in [0.29, 0.717) is 25.7 Å². The van der Waals surface area contributed by atoms with Gasteiger partial charge in [0.05, 0.1) is 26.4 Å². The van der Waals surface area contributed by atoms with Crippen molar-refractivity contribution in [1.29, 1.82) is 0 Å². The molecule has 0 saturated carbocycles. The summed E-state index contributed by atoms with van der Waals surface area (Å²) in [6.45, 7) is 2.34. The smallest absolute Gasteiger partial charge is 0.463 e. The van der Waals surface area contributed by atoms with E-state index in [1.807, 2.05) is 12.2 Å². The average Bonchev–Trinajstić information content (AvgIpc) is 0.911. The van der Waals surface area contributed by atoms with Crippen molar-refractivity contribution in [3.63, 3.8) is 0 Å². The van der Waals surface area contributed by atoms with Crippen LogP contribution in [-0.4, -0.2) is 95.9 Å². The van der Waals surface area contributed by atoms with Gasteiger partial charge in [-0.1, -0.05) is 306 Å². The van der Waals surface area contributed by atoms with Crippen LogP contribution in [0.1, 0.15) is 303 Å². The number of unbranched alkanes of at least 4 members (excludes halogenated alkanes) is 24. The lowest BCUT2D eigenvalue weighted by Gasteiger charge is -2.21. The summed E-state index contributed by atoms with van der Waals surface area (Å²) in [4.78, 5) is 58.7. The van der Waals surface area contributed by atoms with Crippen LogP contribution in [0.3, 0.4) is 0 Å². The molecule has 0 spiro atoms. The van der Waals surface area contributed by atoms with Gasteiger partial charge < -0.3 is 34.2 Å². The van der Waals surface area contributed by atoms with Crippen LogP contribution >= 0.6 is 15.6 Å². The molecule has 0 aliphatic heterocycles. The van der Waals surface area contributed by atoms with Crippen molar-refractivity contribution in [3.05, 3.63) is 170 Å². The van der Waals surface area contributed by atoms with Gasteiger partial charge in [-0.2, -0.15) is 0 Å². The van der Waals surface area contributed by atoms with Gasteiger partial charge in [-0.25, -0.2) is 9.13 Å². The van der Waals surface area contributed by atoms with E-state index in [2.05, 4.69) is 179 Å². The molecule has 0 fully saturated rings. The third-order valence-electron chi connectivity index (χ3n) is 16.4. The molecule has 598 valence electrons. The maximum atomic E-state index is 13.0. The number of ether oxygens (including phenoxy) is 3. The van der Waals surface area contributed by atoms with Gasteiger partial charge in [0.1, 0.15) is 25.4 Å². The van der Waals surface area contributed by atoms with E-state index >= 15 is 0 Å². The number of rotatable bonds is 75. The average molecular weight is 1510 g/mol. The lowest BCUT2D eigenvalue weighted by molar-refractivity contribution is -0.161. The first-order valence-electron chi connectivity index (χ1n) is 40.4. The van der Waals surface area contributed by atoms with Crippen molar-refractivity contribution in [3.8, 4) is 0 Å². The molecule has 16 nitrogen and oxygen atoms in total. The minimum Gasteiger partial charge on any atom is -0.463 e. The predicted molar refractivity (Wildman–Crippen MR) is 435 cm³/mol. The quantitative estimate of drug-likeness (QED) is 0.0146. The Balaban J connectivity index is 4.65. The summed E-state index contributed by atoms with van der Waals surface area (Å²) in [6.07, 6.45) is 99.8. The Bertz CT molecular complexity index is 2590. The second kappa shape index (κ2) is 78.5. The predicted octanol–water partition coefficient (Wildman–Crippen LogP) is 24.0. The van der Waals surface area contributed by atoms with Gasteiger partial charge in [0, 0.05) is 19.3 Å². The van der Waals surface area contributed by atoms with Crippen LogP contribution in [0.25, 0.3) is 0 Å². The molecule has 5 atom stereocenters. The molecule has 0 saturated heterocycles. The molecular weight excluding hydrogens is 1360 g/mol. The van der Waals surface area contributed by atoms with Crippen molar-refractivity contribution in [2.75, 3.05) is 39.6 Å². The zero-order valence-corrected chi connectivity index (χ0v) is 67.1. The van der Waals surface area contributed by atoms with E-state index in [9.17, 15) is 43.5 Å². The van der Waals surface area contributed by atoms with E-state index < -0.39 is 91.5 Å². The van der Waals surface area contributed by atoms with E-state index in [4.69, 9.17) is 32.3 Å². The monoisotopic (exact) mass is 1510 g/mol. The summed E-state index contributed by atoms with van der Waals surface area (Å²) in [6, 6.07) is 0. The summed E-state index contributed by atoms with van der Waals surface area (Å²) < 4.78 is 61.1. The molecule has 0 aromatic heterocycles. The molecule has 105 heavy (non-hydrogen) atoms. The number of hydrogen-bond donors (Lipinski definition) is 4. The highest BCUT2D eigenvalue weighted by Gasteiger charge is 2.29. The first-order chi connectivity index (χ1) is 51.2. The number of allylic oxidation sites excluding steroid dienone is 28. The van der Waals surface area contributed by atoms with Crippen molar-refractivity contribution in [2.45, 2.75) is 322 Å². The normalized spacial score (nSPS) is 14.8. The van der Waals surface area contributed by atoms with Gasteiger partial charge in [0.25, 0.3) is 0 Å². The van der Waals surface area contributed by atoms with Gasteiger partial charge in [-0.3, -0.25) is 32.5 Å². The first-order valence-corrected chi connectivity index (χ1v) is 43.4. The number of esters is 3. The first kappa shape index (κ1) is 99.9. The Kier molecular flexibility index (Phi) is 74.7. The molecule has 0 bridgehead atoms. The number of aliphatic hydroxyl groups excluding tert-OH is 2. The largest absolute Gasteiger partial charge is 0.472 e. The summed E-state index contributed by atoms with van der Waals surface area (Å²) >= 11 is 0.